The molecule has 0 saturated heterocycles. The fraction of sp³-hybridized carbons (Fsp3) is 0.500. The zero-order valence-electron chi connectivity index (χ0n) is 15.2. The fourth-order valence-electron chi connectivity index (χ4n) is 2.29. The smallest absolute Gasteiger partial charge is 0.342 e. The third kappa shape index (κ3) is 6.31. The van der Waals surface area contributed by atoms with E-state index in [2.05, 4.69) is 30.6 Å². The average Bonchev–Trinajstić information content (AvgIpc) is 2.62. The summed E-state index contributed by atoms with van der Waals surface area (Å²) in [6.07, 6.45) is -9.91. The van der Waals surface area contributed by atoms with Crippen LogP contribution in [-0.2, 0) is 0 Å². The van der Waals surface area contributed by atoms with Crippen LogP contribution in [0.4, 0.5) is 38.2 Å². The Balaban J connectivity index is 2.48. The van der Waals surface area contributed by atoms with Crippen molar-refractivity contribution < 1.29 is 26.3 Å². The molecule has 0 aromatic carbocycles. The van der Waals surface area contributed by atoms with E-state index in [0.717, 1.165) is 0 Å². The van der Waals surface area contributed by atoms with Crippen LogP contribution >= 0.6 is 11.6 Å². The second-order valence-corrected chi connectivity index (χ2v) is 6.33. The molecule has 0 bridgehead atoms. The number of halogens is 7. The Morgan fingerprint density at radius 3 is 1.69 bits per heavy atom. The van der Waals surface area contributed by atoms with Gasteiger partial charge in [-0.25, -0.2) is 4.98 Å². The maximum absolute atomic E-state index is 13.1. The molecule has 6 nitrogen and oxygen atoms in total. The number of pyridine rings is 1. The molecule has 2 aromatic rings. The Hall–Kier alpha value is -2.37. The lowest BCUT2D eigenvalue weighted by Gasteiger charge is -2.22. The van der Waals surface area contributed by atoms with Crippen LogP contribution in [0, 0.1) is 0 Å². The maximum Gasteiger partial charge on any atom is 0.408 e. The van der Waals surface area contributed by atoms with E-state index >= 15 is 0 Å². The van der Waals surface area contributed by atoms with Crippen molar-refractivity contribution in [1.82, 2.24) is 19.9 Å². The van der Waals surface area contributed by atoms with Gasteiger partial charge in [0.15, 0.2) is 5.82 Å². The molecule has 13 heteroatoms. The second-order valence-electron chi connectivity index (χ2n) is 5.95. The van der Waals surface area contributed by atoms with E-state index in [1.54, 1.807) is 0 Å². The second kappa shape index (κ2) is 8.97. The summed E-state index contributed by atoms with van der Waals surface area (Å²) < 4.78 is 78.5. The first kappa shape index (κ1) is 22.9. The van der Waals surface area contributed by atoms with Crippen molar-refractivity contribution in [3.8, 4) is 11.5 Å². The van der Waals surface area contributed by atoms with Gasteiger partial charge in [-0.3, -0.25) is 0 Å². The molecule has 0 amide bonds. The highest BCUT2D eigenvalue weighted by molar-refractivity contribution is 6.29. The molecule has 0 radical (unpaired) electrons. The van der Waals surface area contributed by atoms with Crippen LogP contribution in [0.5, 0.6) is 0 Å². The van der Waals surface area contributed by atoms with Gasteiger partial charge in [-0.2, -0.15) is 41.3 Å². The van der Waals surface area contributed by atoms with E-state index in [0.29, 0.717) is 0 Å². The van der Waals surface area contributed by atoms with Crippen LogP contribution in [0.3, 0.4) is 0 Å². The molecule has 160 valence electrons. The first-order chi connectivity index (χ1) is 13.4. The third-order valence-corrected chi connectivity index (χ3v) is 4.00. The van der Waals surface area contributed by atoms with E-state index in [9.17, 15) is 26.3 Å². The predicted molar refractivity (Wildman–Crippen MR) is 95.6 cm³/mol. The van der Waals surface area contributed by atoms with Crippen molar-refractivity contribution >= 4 is 23.5 Å². The topological polar surface area (TPSA) is 75.6 Å². The lowest BCUT2D eigenvalue weighted by molar-refractivity contribution is -0.143. The van der Waals surface area contributed by atoms with Gasteiger partial charge in [-0.1, -0.05) is 31.5 Å². The maximum atomic E-state index is 13.1. The van der Waals surface area contributed by atoms with Crippen LogP contribution in [0.2, 0.25) is 5.15 Å². The summed E-state index contributed by atoms with van der Waals surface area (Å²) in [5.74, 6) is -1.32. The lowest BCUT2D eigenvalue weighted by atomic mass is 10.2. The van der Waals surface area contributed by atoms with E-state index in [1.807, 2.05) is 0 Å². The van der Waals surface area contributed by atoms with Crippen molar-refractivity contribution in [2.75, 3.05) is 10.6 Å². The van der Waals surface area contributed by atoms with Gasteiger partial charge in [0, 0.05) is 0 Å². The van der Waals surface area contributed by atoms with Crippen molar-refractivity contribution in [3.63, 3.8) is 0 Å². The Kier molecular flexibility index (Phi) is 7.09. The normalized spacial score (nSPS) is 14.4. The van der Waals surface area contributed by atoms with Gasteiger partial charge in [0.25, 0.3) is 0 Å². The highest BCUT2D eigenvalue weighted by atomic mass is 35.5. The molecule has 0 aliphatic carbocycles. The fourth-order valence-corrected chi connectivity index (χ4v) is 2.46. The van der Waals surface area contributed by atoms with Crippen LogP contribution < -0.4 is 10.6 Å². The summed E-state index contributed by atoms with van der Waals surface area (Å²) in [5, 5.41) is 4.24. The molecule has 0 saturated carbocycles. The quantitative estimate of drug-likeness (QED) is 0.459. The first-order valence-corrected chi connectivity index (χ1v) is 8.87. The van der Waals surface area contributed by atoms with Crippen LogP contribution in [0.25, 0.3) is 11.5 Å². The average molecular weight is 443 g/mol. The van der Waals surface area contributed by atoms with Crippen LogP contribution in [-0.4, -0.2) is 44.4 Å². The van der Waals surface area contributed by atoms with Crippen LogP contribution in [0.15, 0.2) is 18.2 Å². The van der Waals surface area contributed by atoms with Crippen LogP contribution in [0.1, 0.15) is 26.7 Å². The minimum Gasteiger partial charge on any atom is -0.342 e. The molecule has 29 heavy (non-hydrogen) atoms. The predicted octanol–water partition coefficient (Wildman–Crippen LogP) is 5.09. The lowest BCUT2D eigenvalue weighted by Crippen LogP contribution is -2.37. The van der Waals surface area contributed by atoms with E-state index in [4.69, 9.17) is 11.6 Å². The molecule has 0 spiro atoms. The van der Waals surface area contributed by atoms with Gasteiger partial charge < -0.3 is 10.6 Å². The Morgan fingerprint density at radius 2 is 1.31 bits per heavy atom. The molecular formula is C16H17ClF6N6. The molecule has 0 unspecified atom stereocenters. The SMILES string of the molecule is CC[C@@H](Nc1nc(N[C@H](CC)C(F)(F)F)nc(-c2cccc(Cl)n2)n1)C(F)(F)F. The van der Waals surface area contributed by atoms with E-state index in [1.165, 1.54) is 32.0 Å². The molecule has 2 aromatic heterocycles. The van der Waals surface area contributed by atoms with Gasteiger partial charge in [0.1, 0.15) is 22.9 Å². The summed E-state index contributed by atoms with van der Waals surface area (Å²) in [6, 6.07) is 0.351. The summed E-state index contributed by atoms with van der Waals surface area (Å²) in [7, 11) is 0. The molecule has 0 aliphatic rings. The minimum absolute atomic E-state index is 0.0513. The zero-order chi connectivity index (χ0) is 21.8. The third-order valence-electron chi connectivity index (χ3n) is 3.79. The van der Waals surface area contributed by atoms with Gasteiger partial charge in [0.2, 0.25) is 11.9 Å². The number of hydrogen-bond donors (Lipinski definition) is 2. The molecular weight excluding hydrogens is 426 g/mol. The largest absolute Gasteiger partial charge is 0.408 e. The Labute approximate surface area is 167 Å². The molecule has 0 fully saturated rings. The number of aromatic nitrogens is 4. The number of anilines is 2. The van der Waals surface area contributed by atoms with Gasteiger partial charge in [-0.05, 0) is 25.0 Å². The molecule has 2 N–H and O–H groups in total. The highest BCUT2D eigenvalue weighted by Gasteiger charge is 2.40. The van der Waals surface area contributed by atoms with Crippen molar-refractivity contribution in [2.45, 2.75) is 51.1 Å². The summed E-state index contributed by atoms with van der Waals surface area (Å²) in [6.45, 7) is 2.59. The van der Waals surface area contributed by atoms with Crippen molar-refractivity contribution in [1.29, 1.82) is 0 Å². The summed E-state index contributed by atoms with van der Waals surface area (Å²) in [5.41, 5.74) is 0.0612. The van der Waals surface area contributed by atoms with E-state index in [-0.39, 0.29) is 29.5 Å². The summed E-state index contributed by atoms with van der Waals surface area (Å²) >= 11 is 5.80. The Bertz CT molecular complexity index is 786. The number of rotatable bonds is 7. The molecule has 2 atom stereocenters. The standard InChI is InChI=1S/C16H17ClF6N6/c1-3-9(15(18,19)20)25-13-27-12(8-6-5-7-11(17)24-8)28-14(29-13)26-10(4-2)16(21,22)23/h5-7,9-10H,3-4H2,1-2H3,(H2,25,26,27,28,29)/t9-,10-/m1/s1. The Morgan fingerprint density at radius 1 is 0.828 bits per heavy atom. The van der Waals surface area contributed by atoms with Crippen molar-refractivity contribution in [2.24, 2.45) is 0 Å². The number of hydrogen-bond acceptors (Lipinski definition) is 6. The molecule has 0 aliphatic heterocycles. The van der Waals surface area contributed by atoms with Gasteiger partial charge in [0.05, 0.1) is 0 Å². The summed E-state index contributed by atoms with van der Waals surface area (Å²) in [4.78, 5) is 15.3. The highest BCUT2D eigenvalue weighted by Crippen LogP contribution is 2.28. The first-order valence-electron chi connectivity index (χ1n) is 8.49. The van der Waals surface area contributed by atoms with Gasteiger partial charge in [-0.15, -0.1) is 0 Å². The van der Waals surface area contributed by atoms with E-state index < -0.39 is 36.3 Å². The number of nitrogens with zero attached hydrogens (tertiary/aromatic N) is 4. The number of nitrogens with one attached hydrogen (secondary N) is 2. The molecule has 2 heterocycles. The monoisotopic (exact) mass is 442 g/mol. The van der Waals surface area contributed by atoms with Crippen molar-refractivity contribution in [3.05, 3.63) is 23.4 Å². The molecule has 2 rings (SSSR count). The minimum atomic E-state index is -4.61. The number of alkyl halides is 6. The zero-order valence-corrected chi connectivity index (χ0v) is 16.0. The van der Waals surface area contributed by atoms with Gasteiger partial charge >= 0.3 is 12.4 Å².